The third kappa shape index (κ3) is 2.85. The van der Waals surface area contributed by atoms with E-state index in [1.165, 1.54) is 6.08 Å². The lowest BCUT2D eigenvalue weighted by atomic mass is 10.3. The number of nitrogens with zero attached hydrogens (tertiary/aromatic N) is 2. The maximum Gasteiger partial charge on any atom is 0.244 e. The van der Waals surface area contributed by atoms with Crippen molar-refractivity contribution in [2.24, 2.45) is 0 Å². The van der Waals surface area contributed by atoms with Crippen LogP contribution >= 0.6 is 0 Å². The first-order valence-corrected chi connectivity index (χ1v) is 5.79. The molecular formula is C14H15N3O. The molecule has 4 heteroatoms. The Morgan fingerprint density at radius 1 is 1.39 bits per heavy atom. The van der Waals surface area contributed by atoms with E-state index in [0.717, 1.165) is 11.5 Å². The van der Waals surface area contributed by atoms with Crippen LogP contribution in [-0.4, -0.2) is 15.5 Å². The highest BCUT2D eigenvalue weighted by atomic mass is 16.1. The Morgan fingerprint density at radius 2 is 2.17 bits per heavy atom. The van der Waals surface area contributed by atoms with Crippen LogP contribution in [0.4, 0.5) is 0 Å². The van der Waals surface area contributed by atoms with E-state index >= 15 is 0 Å². The minimum Gasteiger partial charge on any atom is -0.345 e. The molecule has 1 N–H and O–H groups in total. The minimum atomic E-state index is -0.111. The monoisotopic (exact) mass is 241 g/mol. The van der Waals surface area contributed by atoms with Crippen LogP contribution in [-0.2, 0) is 11.3 Å². The third-order valence-corrected chi connectivity index (χ3v) is 2.49. The molecule has 0 atom stereocenters. The molecule has 18 heavy (non-hydrogen) atoms. The summed E-state index contributed by atoms with van der Waals surface area (Å²) in [6, 6.07) is 9.90. The van der Waals surface area contributed by atoms with E-state index in [1.54, 1.807) is 12.3 Å². The highest BCUT2D eigenvalue weighted by Gasteiger charge is 2.05. The summed E-state index contributed by atoms with van der Waals surface area (Å²) in [5.74, 6) is 0.694. The van der Waals surface area contributed by atoms with Gasteiger partial charge in [-0.05, 0) is 25.1 Å². The molecule has 0 unspecified atom stereocenters. The number of amides is 1. The van der Waals surface area contributed by atoms with E-state index in [2.05, 4.69) is 10.3 Å². The summed E-state index contributed by atoms with van der Waals surface area (Å²) in [5.41, 5.74) is 1.03. The Bertz CT molecular complexity index is 543. The normalized spacial score (nSPS) is 10.7. The topological polar surface area (TPSA) is 46.9 Å². The highest BCUT2D eigenvalue weighted by molar-refractivity contribution is 5.87. The largest absolute Gasteiger partial charge is 0.345 e. The van der Waals surface area contributed by atoms with Crippen LogP contribution in [0.1, 0.15) is 12.7 Å². The minimum absolute atomic E-state index is 0.111. The van der Waals surface area contributed by atoms with Crippen molar-refractivity contribution < 1.29 is 4.79 Å². The second-order valence-corrected chi connectivity index (χ2v) is 3.77. The maximum atomic E-state index is 11.4. The van der Waals surface area contributed by atoms with Gasteiger partial charge in [0.05, 0.1) is 6.54 Å². The van der Waals surface area contributed by atoms with Crippen molar-refractivity contribution >= 4 is 5.91 Å². The number of carbonyl (C=O) groups excluding carboxylic acids is 1. The number of aromatic nitrogens is 2. The predicted molar refractivity (Wildman–Crippen MR) is 70.2 cm³/mol. The van der Waals surface area contributed by atoms with Gasteiger partial charge in [-0.1, -0.05) is 24.3 Å². The molecule has 1 amide bonds. The van der Waals surface area contributed by atoms with Crippen molar-refractivity contribution in [3.05, 3.63) is 60.7 Å². The van der Waals surface area contributed by atoms with E-state index in [4.69, 9.17) is 0 Å². The van der Waals surface area contributed by atoms with Crippen molar-refractivity contribution in [2.45, 2.75) is 13.5 Å². The molecule has 0 fully saturated rings. The number of para-hydroxylation sites is 1. The van der Waals surface area contributed by atoms with Crippen LogP contribution in [0.15, 0.2) is 54.9 Å². The van der Waals surface area contributed by atoms with E-state index < -0.39 is 0 Å². The number of nitrogens with one attached hydrogen (secondary N) is 1. The summed E-state index contributed by atoms with van der Waals surface area (Å²) >= 11 is 0. The highest BCUT2D eigenvalue weighted by Crippen LogP contribution is 2.09. The zero-order valence-electron chi connectivity index (χ0n) is 10.2. The first-order valence-electron chi connectivity index (χ1n) is 5.79. The van der Waals surface area contributed by atoms with E-state index in [0.29, 0.717) is 6.54 Å². The summed E-state index contributed by atoms with van der Waals surface area (Å²) < 4.78 is 1.95. The van der Waals surface area contributed by atoms with Gasteiger partial charge in [-0.2, -0.15) is 0 Å². The van der Waals surface area contributed by atoms with Crippen LogP contribution < -0.4 is 5.32 Å². The molecule has 0 saturated heterocycles. The number of imidazole rings is 1. The first-order chi connectivity index (χ1) is 8.81. The molecule has 1 aromatic carbocycles. The molecule has 92 valence electrons. The SMILES string of the molecule is C/C=C/C(=O)NCc1nccn1-c1ccccc1. The lowest BCUT2D eigenvalue weighted by Crippen LogP contribution is -2.22. The number of benzene rings is 1. The molecule has 0 radical (unpaired) electrons. The average Bonchev–Trinajstić information content (AvgIpc) is 2.86. The Balaban J connectivity index is 2.12. The number of allylic oxidation sites excluding steroid dienone is 1. The van der Waals surface area contributed by atoms with Gasteiger partial charge in [0.2, 0.25) is 5.91 Å². The molecule has 0 spiro atoms. The second kappa shape index (κ2) is 5.82. The van der Waals surface area contributed by atoms with Crippen LogP contribution in [0.25, 0.3) is 5.69 Å². The molecule has 1 aromatic heterocycles. The standard InChI is InChI=1S/C14H15N3O/c1-2-6-14(18)16-11-13-15-9-10-17(13)12-7-4-3-5-8-12/h2-10H,11H2,1H3,(H,16,18)/b6-2+. The quantitative estimate of drug-likeness (QED) is 0.833. The van der Waals surface area contributed by atoms with Gasteiger partial charge in [0.25, 0.3) is 0 Å². The van der Waals surface area contributed by atoms with Crippen molar-refractivity contribution in [1.82, 2.24) is 14.9 Å². The second-order valence-electron chi connectivity index (χ2n) is 3.77. The summed E-state index contributed by atoms with van der Waals surface area (Å²) in [7, 11) is 0. The lowest BCUT2D eigenvalue weighted by molar-refractivity contribution is -0.116. The van der Waals surface area contributed by atoms with Gasteiger partial charge in [-0.15, -0.1) is 0 Å². The zero-order chi connectivity index (χ0) is 12.8. The molecule has 0 aliphatic carbocycles. The van der Waals surface area contributed by atoms with Crippen molar-refractivity contribution in [3.63, 3.8) is 0 Å². The van der Waals surface area contributed by atoms with Gasteiger partial charge in [0, 0.05) is 18.1 Å². The van der Waals surface area contributed by atoms with Crippen LogP contribution in [0.2, 0.25) is 0 Å². The van der Waals surface area contributed by atoms with Gasteiger partial charge in [-0.3, -0.25) is 4.79 Å². The van der Waals surface area contributed by atoms with Crippen molar-refractivity contribution in [2.75, 3.05) is 0 Å². The Labute approximate surface area is 106 Å². The molecule has 0 saturated carbocycles. The van der Waals surface area contributed by atoms with Crippen LogP contribution in [0.5, 0.6) is 0 Å². The number of hydrogen-bond acceptors (Lipinski definition) is 2. The lowest BCUT2D eigenvalue weighted by Gasteiger charge is -2.07. The number of rotatable bonds is 4. The molecular weight excluding hydrogens is 226 g/mol. The van der Waals surface area contributed by atoms with E-state index in [1.807, 2.05) is 48.0 Å². The van der Waals surface area contributed by atoms with Gasteiger partial charge >= 0.3 is 0 Å². The molecule has 0 aliphatic rings. The molecule has 2 aromatic rings. The van der Waals surface area contributed by atoms with E-state index in [-0.39, 0.29) is 5.91 Å². The van der Waals surface area contributed by atoms with Gasteiger partial charge < -0.3 is 9.88 Å². The van der Waals surface area contributed by atoms with Gasteiger partial charge in [-0.25, -0.2) is 4.98 Å². The average molecular weight is 241 g/mol. The fraction of sp³-hybridized carbons (Fsp3) is 0.143. The van der Waals surface area contributed by atoms with Crippen LogP contribution in [0, 0.1) is 0 Å². The Hall–Kier alpha value is -2.36. The summed E-state index contributed by atoms with van der Waals surface area (Å²) in [4.78, 5) is 15.6. The smallest absolute Gasteiger partial charge is 0.244 e. The van der Waals surface area contributed by atoms with Gasteiger partial charge in [0.15, 0.2) is 0 Å². The fourth-order valence-electron chi connectivity index (χ4n) is 1.67. The van der Waals surface area contributed by atoms with E-state index in [9.17, 15) is 4.79 Å². The third-order valence-electron chi connectivity index (χ3n) is 2.49. The fourth-order valence-corrected chi connectivity index (χ4v) is 1.67. The summed E-state index contributed by atoms with van der Waals surface area (Å²) in [6.07, 6.45) is 6.81. The number of hydrogen-bond donors (Lipinski definition) is 1. The summed E-state index contributed by atoms with van der Waals surface area (Å²) in [5, 5.41) is 2.79. The summed E-state index contributed by atoms with van der Waals surface area (Å²) in [6.45, 7) is 2.22. The Morgan fingerprint density at radius 3 is 2.89 bits per heavy atom. The van der Waals surface area contributed by atoms with Crippen molar-refractivity contribution in [1.29, 1.82) is 0 Å². The maximum absolute atomic E-state index is 11.4. The van der Waals surface area contributed by atoms with Crippen LogP contribution in [0.3, 0.4) is 0 Å². The first kappa shape index (κ1) is 12.1. The Kier molecular flexibility index (Phi) is 3.91. The molecule has 2 rings (SSSR count). The van der Waals surface area contributed by atoms with Crippen molar-refractivity contribution in [3.8, 4) is 5.69 Å². The zero-order valence-corrected chi connectivity index (χ0v) is 10.2. The van der Waals surface area contributed by atoms with Gasteiger partial charge in [0.1, 0.15) is 5.82 Å². The molecule has 0 aliphatic heterocycles. The number of carbonyl (C=O) groups is 1. The predicted octanol–water partition coefficient (Wildman–Crippen LogP) is 2.06. The molecule has 0 bridgehead atoms. The molecule has 1 heterocycles. The molecule has 4 nitrogen and oxygen atoms in total.